The number of nitrogens with two attached hydrogens (primary N) is 1. The number of hydrogen-bond donors (Lipinski definition) is 1. The molecule has 62 valence electrons. The Kier molecular flexibility index (Phi) is 2.73. The lowest BCUT2D eigenvalue weighted by molar-refractivity contribution is 0.414. The van der Waals surface area contributed by atoms with Gasteiger partial charge < -0.3 is 10.5 Å². The molecule has 0 unspecified atom stereocenters. The SMILES string of the molecule is C#Cc1ccc(OC)cc1CN. The molecule has 2 nitrogen and oxygen atoms in total. The predicted octanol–water partition coefficient (Wildman–Crippen LogP) is 1.14. The first-order chi connectivity index (χ1) is 5.81. The van der Waals surface area contributed by atoms with Crippen LogP contribution in [0.25, 0.3) is 0 Å². The van der Waals surface area contributed by atoms with Crippen LogP contribution in [0.15, 0.2) is 18.2 Å². The van der Waals surface area contributed by atoms with E-state index in [2.05, 4.69) is 5.92 Å². The first-order valence-corrected chi connectivity index (χ1v) is 3.65. The molecule has 0 aliphatic rings. The van der Waals surface area contributed by atoms with Gasteiger partial charge in [0.1, 0.15) is 5.75 Å². The van der Waals surface area contributed by atoms with E-state index in [1.165, 1.54) is 0 Å². The summed E-state index contributed by atoms with van der Waals surface area (Å²) in [7, 11) is 1.62. The van der Waals surface area contributed by atoms with Crippen LogP contribution in [-0.4, -0.2) is 7.11 Å². The Morgan fingerprint density at radius 1 is 1.58 bits per heavy atom. The molecular weight excluding hydrogens is 150 g/mol. The summed E-state index contributed by atoms with van der Waals surface area (Å²) in [6.45, 7) is 0.441. The van der Waals surface area contributed by atoms with Crippen molar-refractivity contribution < 1.29 is 4.74 Å². The zero-order valence-corrected chi connectivity index (χ0v) is 7.00. The van der Waals surface area contributed by atoms with Crippen molar-refractivity contribution in [1.29, 1.82) is 0 Å². The summed E-state index contributed by atoms with van der Waals surface area (Å²) in [6.07, 6.45) is 5.27. The molecule has 0 saturated heterocycles. The lowest BCUT2D eigenvalue weighted by Crippen LogP contribution is -1.99. The van der Waals surface area contributed by atoms with E-state index in [0.717, 1.165) is 16.9 Å². The standard InChI is InChI=1S/C10H11NO/c1-3-8-4-5-10(12-2)6-9(8)7-11/h1,4-6H,7,11H2,2H3. The number of ether oxygens (including phenoxy) is 1. The third-order valence-corrected chi connectivity index (χ3v) is 1.69. The van der Waals surface area contributed by atoms with Crippen molar-refractivity contribution in [2.45, 2.75) is 6.54 Å². The lowest BCUT2D eigenvalue weighted by Gasteiger charge is -2.04. The Bertz CT molecular complexity index is 312. The summed E-state index contributed by atoms with van der Waals surface area (Å²) in [4.78, 5) is 0. The highest BCUT2D eigenvalue weighted by molar-refractivity contribution is 5.44. The molecule has 0 amide bonds. The molecule has 0 spiro atoms. The van der Waals surface area contributed by atoms with E-state index in [-0.39, 0.29) is 0 Å². The molecule has 1 aromatic carbocycles. The van der Waals surface area contributed by atoms with Gasteiger partial charge in [0, 0.05) is 12.1 Å². The van der Waals surface area contributed by atoms with Gasteiger partial charge in [0.15, 0.2) is 0 Å². The zero-order valence-electron chi connectivity index (χ0n) is 7.00. The number of hydrogen-bond acceptors (Lipinski definition) is 2. The minimum absolute atomic E-state index is 0.441. The first kappa shape index (κ1) is 8.63. The number of benzene rings is 1. The second-order valence-corrected chi connectivity index (χ2v) is 2.37. The van der Waals surface area contributed by atoms with Crippen LogP contribution in [0.5, 0.6) is 5.75 Å². The Hall–Kier alpha value is -1.46. The molecule has 0 aromatic heterocycles. The highest BCUT2D eigenvalue weighted by atomic mass is 16.5. The molecule has 2 N–H and O–H groups in total. The van der Waals surface area contributed by atoms with E-state index in [1.54, 1.807) is 7.11 Å². The number of methoxy groups -OCH3 is 1. The van der Waals surface area contributed by atoms with Gasteiger partial charge in [0.25, 0.3) is 0 Å². The molecule has 0 aliphatic heterocycles. The monoisotopic (exact) mass is 161 g/mol. The Balaban J connectivity index is 3.13. The lowest BCUT2D eigenvalue weighted by atomic mass is 10.1. The van der Waals surface area contributed by atoms with Crippen molar-refractivity contribution in [3.8, 4) is 18.1 Å². The first-order valence-electron chi connectivity index (χ1n) is 3.65. The number of rotatable bonds is 2. The summed E-state index contributed by atoms with van der Waals surface area (Å²) in [5.74, 6) is 3.35. The van der Waals surface area contributed by atoms with Gasteiger partial charge >= 0.3 is 0 Å². The van der Waals surface area contributed by atoms with Crippen molar-refractivity contribution in [3.63, 3.8) is 0 Å². The smallest absolute Gasteiger partial charge is 0.119 e. The summed E-state index contributed by atoms with van der Waals surface area (Å²) in [5, 5.41) is 0. The Morgan fingerprint density at radius 3 is 2.83 bits per heavy atom. The summed E-state index contributed by atoms with van der Waals surface area (Å²) in [5.41, 5.74) is 7.27. The normalized spacial score (nSPS) is 9.08. The molecule has 1 aromatic rings. The van der Waals surface area contributed by atoms with Gasteiger partial charge in [-0.05, 0) is 23.8 Å². The maximum absolute atomic E-state index is 5.50. The van der Waals surface area contributed by atoms with E-state index in [1.807, 2.05) is 18.2 Å². The molecule has 0 aliphatic carbocycles. The van der Waals surface area contributed by atoms with E-state index in [0.29, 0.717) is 6.54 Å². The van der Waals surface area contributed by atoms with Crippen LogP contribution >= 0.6 is 0 Å². The molecule has 0 fully saturated rings. The Labute approximate surface area is 72.3 Å². The van der Waals surface area contributed by atoms with Gasteiger partial charge in [-0.1, -0.05) is 5.92 Å². The van der Waals surface area contributed by atoms with Gasteiger partial charge in [-0.15, -0.1) is 6.42 Å². The van der Waals surface area contributed by atoms with E-state index < -0.39 is 0 Å². The third-order valence-electron chi connectivity index (χ3n) is 1.69. The fraction of sp³-hybridized carbons (Fsp3) is 0.200. The topological polar surface area (TPSA) is 35.2 Å². The van der Waals surface area contributed by atoms with Gasteiger partial charge in [0.2, 0.25) is 0 Å². The second-order valence-electron chi connectivity index (χ2n) is 2.37. The Morgan fingerprint density at radius 2 is 2.33 bits per heavy atom. The largest absolute Gasteiger partial charge is 0.497 e. The highest BCUT2D eigenvalue weighted by Gasteiger charge is 1.99. The van der Waals surface area contributed by atoms with E-state index in [9.17, 15) is 0 Å². The molecule has 0 bridgehead atoms. The van der Waals surface area contributed by atoms with Crippen LogP contribution in [0.1, 0.15) is 11.1 Å². The molecule has 0 radical (unpaired) electrons. The fourth-order valence-corrected chi connectivity index (χ4v) is 1.01. The quantitative estimate of drug-likeness (QED) is 0.660. The third kappa shape index (κ3) is 1.58. The van der Waals surface area contributed by atoms with Crippen molar-refractivity contribution in [2.75, 3.05) is 7.11 Å². The molecule has 1 rings (SSSR count). The van der Waals surface area contributed by atoms with Crippen LogP contribution in [0, 0.1) is 12.3 Å². The van der Waals surface area contributed by atoms with Crippen molar-refractivity contribution in [1.82, 2.24) is 0 Å². The van der Waals surface area contributed by atoms with Gasteiger partial charge in [-0.2, -0.15) is 0 Å². The van der Waals surface area contributed by atoms with Crippen molar-refractivity contribution in [3.05, 3.63) is 29.3 Å². The van der Waals surface area contributed by atoms with E-state index in [4.69, 9.17) is 16.9 Å². The molecule has 0 atom stereocenters. The number of terminal acetylenes is 1. The summed E-state index contributed by atoms with van der Waals surface area (Å²) >= 11 is 0. The van der Waals surface area contributed by atoms with Crippen LogP contribution < -0.4 is 10.5 Å². The molecule has 0 heterocycles. The van der Waals surface area contributed by atoms with Crippen LogP contribution in [-0.2, 0) is 6.54 Å². The molecule has 2 heteroatoms. The van der Waals surface area contributed by atoms with Crippen molar-refractivity contribution in [2.24, 2.45) is 5.73 Å². The van der Waals surface area contributed by atoms with Crippen LogP contribution in [0.4, 0.5) is 0 Å². The van der Waals surface area contributed by atoms with Crippen molar-refractivity contribution >= 4 is 0 Å². The fourth-order valence-electron chi connectivity index (χ4n) is 1.01. The van der Waals surface area contributed by atoms with E-state index >= 15 is 0 Å². The van der Waals surface area contributed by atoms with Gasteiger partial charge in [-0.25, -0.2) is 0 Å². The second kappa shape index (κ2) is 3.80. The van der Waals surface area contributed by atoms with Gasteiger partial charge in [0.05, 0.1) is 7.11 Å². The minimum Gasteiger partial charge on any atom is -0.497 e. The minimum atomic E-state index is 0.441. The maximum atomic E-state index is 5.50. The highest BCUT2D eigenvalue weighted by Crippen LogP contribution is 2.16. The molecule has 12 heavy (non-hydrogen) atoms. The predicted molar refractivity (Wildman–Crippen MR) is 48.8 cm³/mol. The summed E-state index contributed by atoms with van der Waals surface area (Å²) < 4.78 is 5.03. The van der Waals surface area contributed by atoms with Crippen LogP contribution in [0.2, 0.25) is 0 Å². The summed E-state index contributed by atoms with van der Waals surface area (Å²) in [6, 6.07) is 5.52. The average molecular weight is 161 g/mol. The van der Waals surface area contributed by atoms with Crippen LogP contribution in [0.3, 0.4) is 0 Å². The maximum Gasteiger partial charge on any atom is 0.119 e. The zero-order chi connectivity index (χ0) is 8.97. The van der Waals surface area contributed by atoms with Gasteiger partial charge in [-0.3, -0.25) is 0 Å². The average Bonchev–Trinajstić information content (AvgIpc) is 2.16. The molecular formula is C10H11NO. The molecule has 0 saturated carbocycles.